The van der Waals surface area contributed by atoms with Crippen LogP contribution in [0.5, 0.6) is 0 Å². The quantitative estimate of drug-likeness (QED) is 0.769. The van der Waals surface area contributed by atoms with E-state index in [-0.39, 0.29) is 16.4 Å². The highest BCUT2D eigenvalue weighted by atomic mass is 79.9. The Kier molecular flexibility index (Phi) is 3.73. The Bertz CT molecular complexity index is 840. The van der Waals surface area contributed by atoms with E-state index in [1.807, 2.05) is 19.1 Å². The summed E-state index contributed by atoms with van der Waals surface area (Å²) in [6, 6.07) is 14.0. The fourth-order valence-electron chi connectivity index (χ4n) is 2.77. The lowest BCUT2D eigenvalue weighted by atomic mass is 10.1. The predicted octanol–water partition coefficient (Wildman–Crippen LogP) is 3.34. The number of hydrogen-bond acceptors (Lipinski definition) is 3. The number of sulfone groups is 1. The van der Waals surface area contributed by atoms with Crippen molar-refractivity contribution in [3.63, 3.8) is 0 Å². The van der Waals surface area contributed by atoms with Crippen LogP contribution in [0.3, 0.4) is 0 Å². The van der Waals surface area contributed by atoms with Gasteiger partial charge in [-0.05, 0) is 31.0 Å². The first-order chi connectivity index (χ1) is 10.3. The van der Waals surface area contributed by atoms with E-state index in [9.17, 15) is 13.2 Å². The summed E-state index contributed by atoms with van der Waals surface area (Å²) < 4.78 is 24.2. The van der Waals surface area contributed by atoms with Gasteiger partial charge in [-0.15, -0.1) is 0 Å². The van der Waals surface area contributed by atoms with Crippen LogP contribution in [-0.4, -0.2) is 24.3 Å². The van der Waals surface area contributed by atoms with E-state index in [4.69, 9.17) is 0 Å². The Morgan fingerprint density at radius 1 is 1.09 bits per heavy atom. The van der Waals surface area contributed by atoms with Gasteiger partial charge in [-0.1, -0.05) is 57.9 Å². The van der Waals surface area contributed by atoms with Gasteiger partial charge in [0.05, 0.1) is 10.6 Å². The number of fused-ring (bicyclic) bond motifs is 1. The third kappa shape index (κ3) is 2.63. The molecule has 114 valence electrons. The Morgan fingerprint density at radius 3 is 2.36 bits per heavy atom. The molecule has 0 aliphatic heterocycles. The highest BCUT2D eigenvalue weighted by Crippen LogP contribution is 2.38. The molecule has 0 spiro atoms. The fraction of sp³-hybridized carbons (Fsp3) is 0.235. The maximum absolute atomic E-state index is 12.6. The first-order valence-corrected chi connectivity index (χ1v) is 9.37. The second-order valence-corrected chi connectivity index (χ2v) is 9.21. The minimum atomic E-state index is -3.54. The molecule has 22 heavy (non-hydrogen) atoms. The van der Waals surface area contributed by atoms with Crippen molar-refractivity contribution >= 4 is 31.6 Å². The highest BCUT2D eigenvalue weighted by Gasteiger charge is 2.46. The van der Waals surface area contributed by atoms with Crippen molar-refractivity contribution in [1.82, 2.24) is 0 Å². The van der Waals surface area contributed by atoms with Crippen molar-refractivity contribution in [2.45, 2.75) is 22.6 Å². The number of hydrogen-bond donors (Lipinski definition) is 0. The average Bonchev–Trinajstić information content (AvgIpc) is 2.70. The van der Waals surface area contributed by atoms with Crippen LogP contribution < -0.4 is 0 Å². The van der Waals surface area contributed by atoms with Gasteiger partial charge in [-0.2, -0.15) is 0 Å². The van der Waals surface area contributed by atoms with Crippen LogP contribution in [-0.2, 0) is 16.3 Å². The Labute approximate surface area is 138 Å². The van der Waals surface area contributed by atoms with Crippen molar-refractivity contribution in [3.05, 3.63) is 65.2 Å². The number of alkyl halides is 1. The van der Waals surface area contributed by atoms with Crippen LogP contribution >= 0.6 is 15.9 Å². The minimum Gasteiger partial charge on any atom is -0.293 e. The van der Waals surface area contributed by atoms with E-state index in [0.717, 1.165) is 11.1 Å². The maximum atomic E-state index is 12.6. The van der Waals surface area contributed by atoms with E-state index in [0.29, 0.717) is 12.0 Å². The number of Topliss-reactive ketones (excluding diaryl/α,β-unsaturated/α-hetero) is 1. The molecule has 0 saturated carbocycles. The van der Waals surface area contributed by atoms with Crippen LogP contribution in [0.15, 0.2) is 53.4 Å². The second-order valence-electron chi connectivity index (χ2n) is 5.70. The van der Waals surface area contributed by atoms with Gasteiger partial charge in [0.1, 0.15) is 4.32 Å². The molecular weight excluding hydrogens is 364 g/mol. The van der Waals surface area contributed by atoms with Crippen molar-refractivity contribution in [3.8, 4) is 0 Å². The number of aryl methyl sites for hydroxylation is 1. The van der Waals surface area contributed by atoms with Crippen LogP contribution in [0.4, 0.5) is 0 Å². The molecule has 2 aromatic rings. The maximum Gasteiger partial charge on any atom is 0.181 e. The van der Waals surface area contributed by atoms with Gasteiger partial charge < -0.3 is 0 Å². The molecule has 3 rings (SSSR count). The Morgan fingerprint density at radius 2 is 1.73 bits per heavy atom. The Balaban J connectivity index is 1.93. The zero-order chi connectivity index (χ0) is 16.0. The third-order valence-corrected chi connectivity index (χ3v) is 7.09. The van der Waals surface area contributed by atoms with Gasteiger partial charge >= 0.3 is 0 Å². The van der Waals surface area contributed by atoms with Crippen molar-refractivity contribution in [2.24, 2.45) is 0 Å². The molecule has 2 aromatic carbocycles. The standard InChI is InChI=1S/C17H15BrO3S/c1-12-6-8-14(9-7-12)22(20,21)11-17(18)10-13-4-2-3-5-15(13)16(17)19/h2-9H,10-11H2,1H3. The molecule has 0 radical (unpaired) electrons. The number of carbonyl (C=O) groups excluding carboxylic acids is 1. The number of carbonyl (C=O) groups is 1. The largest absolute Gasteiger partial charge is 0.293 e. The van der Waals surface area contributed by atoms with E-state index in [1.54, 1.807) is 36.4 Å². The molecule has 1 unspecified atom stereocenters. The molecule has 0 N–H and O–H groups in total. The molecule has 1 atom stereocenters. The summed E-state index contributed by atoms with van der Waals surface area (Å²) in [5, 5.41) is 0. The molecular formula is C17H15BrO3S. The summed E-state index contributed by atoms with van der Waals surface area (Å²) in [7, 11) is -3.54. The van der Waals surface area contributed by atoms with E-state index < -0.39 is 14.2 Å². The molecule has 0 heterocycles. The molecule has 0 fully saturated rings. The SMILES string of the molecule is Cc1ccc(S(=O)(=O)CC2(Br)Cc3ccccc3C2=O)cc1. The van der Waals surface area contributed by atoms with E-state index in [1.165, 1.54) is 0 Å². The van der Waals surface area contributed by atoms with Crippen LogP contribution in [0.2, 0.25) is 0 Å². The summed E-state index contributed by atoms with van der Waals surface area (Å²) in [6.45, 7) is 1.90. The summed E-state index contributed by atoms with van der Waals surface area (Å²) >= 11 is 3.41. The predicted molar refractivity (Wildman–Crippen MR) is 89.4 cm³/mol. The molecule has 5 heteroatoms. The Hall–Kier alpha value is -1.46. The summed E-state index contributed by atoms with van der Waals surface area (Å²) in [6.07, 6.45) is 0.396. The zero-order valence-corrected chi connectivity index (χ0v) is 14.4. The lowest BCUT2D eigenvalue weighted by Gasteiger charge is -2.19. The van der Waals surface area contributed by atoms with Gasteiger partial charge in [0, 0.05) is 5.56 Å². The first-order valence-electron chi connectivity index (χ1n) is 6.93. The van der Waals surface area contributed by atoms with Crippen molar-refractivity contribution < 1.29 is 13.2 Å². The monoisotopic (exact) mass is 378 g/mol. The van der Waals surface area contributed by atoms with Crippen LogP contribution in [0.1, 0.15) is 21.5 Å². The number of benzene rings is 2. The van der Waals surface area contributed by atoms with Gasteiger partial charge in [-0.3, -0.25) is 4.79 Å². The fourth-order valence-corrected chi connectivity index (χ4v) is 5.74. The van der Waals surface area contributed by atoms with E-state index in [2.05, 4.69) is 15.9 Å². The molecule has 0 aromatic heterocycles. The van der Waals surface area contributed by atoms with Gasteiger partial charge in [0.25, 0.3) is 0 Å². The van der Waals surface area contributed by atoms with Crippen LogP contribution in [0.25, 0.3) is 0 Å². The summed E-state index contributed by atoms with van der Waals surface area (Å²) in [5.74, 6) is -0.393. The highest BCUT2D eigenvalue weighted by molar-refractivity contribution is 9.10. The number of halogens is 1. The molecule has 0 amide bonds. The number of rotatable bonds is 3. The molecule has 3 nitrogen and oxygen atoms in total. The topological polar surface area (TPSA) is 51.2 Å². The van der Waals surface area contributed by atoms with Crippen molar-refractivity contribution in [2.75, 3.05) is 5.75 Å². The van der Waals surface area contributed by atoms with E-state index >= 15 is 0 Å². The average molecular weight is 379 g/mol. The lowest BCUT2D eigenvalue weighted by Crippen LogP contribution is -2.37. The van der Waals surface area contributed by atoms with Crippen molar-refractivity contribution in [1.29, 1.82) is 0 Å². The molecule has 1 aliphatic carbocycles. The molecule has 0 bridgehead atoms. The first kappa shape index (κ1) is 15.4. The summed E-state index contributed by atoms with van der Waals surface area (Å²) in [5.41, 5.74) is 2.50. The number of ketones is 1. The van der Waals surface area contributed by atoms with Gasteiger partial charge in [0.2, 0.25) is 0 Å². The van der Waals surface area contributed by atoms with Gasteiger partial charge in [-0.25, -0.2) is 8.42 Å². The lowest BCUT2D eigenvalue weighted by molar-refractivity contribution is 0.0969. The normalized spacial score (nSPS) is 20.9. The van der Waals surface area contributed by atoms with Gasteiger partial charge in [0.15, 0.2) is 15.6 Å². The third-order valence-electron chi connectivity index (χ3n) is 3.94. The molecule has 1 aliphatic rings. The van der Waals surface area contributed by atoms with Crippen LogP contribution in [0, 0.1) is 6.92 Å². The summed E-state index contributed by atoms with van der Waals surface area (Å²) in [4.78, 5) is 12.8. The second kappa shape index (κ2) is 5.32. The minimum absolute atomic E-state index is 0.154. The molecule has 0 saturated heterocycles. The smallest absolute Gasteiger partial charge is 0.181 e. The zero-order valence-electron chi connectivity index (χ0n) is 12.0.